The summed E-state index contributed by atoms with van der Waals surface area (Å²) in [5.41, 5.74) is 0. The van der Waals surface area contributed by atoms with Gasteiger partial charge < -0.3 is 14.2 Å². The quantitative estimate of drug-likeness (QED) is 0.0264. The average Bonchev–Trinajstić information content (AvgIpc) is 3.24. The second-order valence-electron chi connectivity index (χ2n) is 15.6. The van der Waals surface area contributed by atoms with Gasteiger partial charge in [-0.05, 0) is 96.3 Å². The summed E-state index contributed by atoms with van der Waals surface area (Å²) < 4.78 is 16.6. The monoisotopic (exact) mass is 833 g/mol. The number of hydrogen-bond acceptors (Lipinski definition) is 6. The molecule has 1 unspecified atom stereocenters. The zero-order valence-corrected chi connectivity index (χ0v) is 38.7. The van der Waals surface area contributed by atoms with Crippen LogP contribution in [-0.2, 0) is 28.6 Å². The number of hydrogen-bond donors (Lipinski definition) is 0. The van der Waals surface area contributed by atoms with E-state index in [1.807, 2.05) is 0 Å². The van der Waals surface area contributed by atoms with Gasteiger partial charge in [0.2, 0.25) is 0 Å². The standard InChI is InChI=1S/C54H88O6/c1-4-7-10-13-16-18-20-22-24-26-27-29-30-32-34-36-38-41-44-47-53(56)59-50-51(49-58-52(55)46-43-40-15-12-9-6-3)60-54(57)48-45-42-39-37-35-33-31-28-25-23-21-19-17-14-11-8-5-2/h8,11,16-19,22-25,27,29,31,33,37,39,51H,4-7,9-10,12-15,20-21,26,28,30,32,34-36,38,40-50H2,1-3H3/b11-8-,18-16-,19-17-,24-22-,25-23-,29-27-,33-31-,39-37-. The third-order valence-corrected chi connectivity index (χ3v) is 9.82. The number of carbonyl (C=O) groups excluding carboxylic acids is 3. The van der Waals surface area contributed by atoms with Gasteiger partial charge in [0.15, 0.2) is 6.10 Å². The van der Waals surface area contributed by atoms with E-state index in [0.29, 0.717) is 19.3 Å². The molecule has 0 N–H and O–H groups in total. The van der Waals surface area contributed by atoms with E-state index in [1.165, 1.54) is 57.8 Å². The van der Waals surface area contributed by atoms with Crippen LogP contribution in [0.4, 0.5) is 0 Å². The Labute approximate surface area is 368 Å². The summed E-state index contributed by atoms with van der Waals surface area (Å²) in [5, 5.41) is 0. The topological polar surface area (TPSA) is 78.9 Å². The van der Waals surface area contributed by atoms with Crippen LogP contribution in [0, 0.1) is 0 Å². The molecule has 0 amide bonds. The molecule has 1 atom stereocenters. The van der Waals surface area contributed by atoms with Crippen LogP contribution in [0.25, 0.3) is 0 Å². The fraction of sp³-hybridized carbons (Fsp3) is 0.648. The largest absolute Gasteiger partial charge is 0.462 e. The molecule has 60 heavy (non-hydrogen) atoms. The van der Waals surface area contributed by atoms with Gasteiger partial charge in [0.25, 0.3) is 0 Å². The highest BCUT2D eigenvalue weighted by molar-refractivity contribution is 5.71. The Morgan fingerprint density at radius 2 is 0.667 bits per heavy atom. The lowest BCUT2D eigenvalue weighted by molar-refractivity contribution is -0.167. The molecule has 6 heteroatoms. The molecule has 0 fully saturated rings. The van der Waals surface area contributed by atoms with E-state index in [4.69, 9.17) is 14.2 Å². The average molecular weight is 833 g/mol. The third kappa shape index (κ3) is 45.4. The molecule has 0 bridgehead atoms. The lowest BCUT2D eigenvalue weighted by atomic mass is 10.1. The van der Waals surface area contributed by atoms with E-state index in [-0.39, 0.29) is 37.5 Å². The third-order valence-electron chi connectivity index (χ3n) is 9.82. The molecule has 0 saturated heterocycles. The molecule has 0 aromatic carbocycles. The van der Waals surface area contributed by atoms with E-state index in [2.05, 4.69) is 118 Å². The maximum Gasteiger partial charge on any atom is 0.306 e. The number of esters is 3. The minimum absolute atomic E-state index is 0.106. The molecular weight excluding hydrogens is 745 g/mol. The van der Waals surface area contributed by atoms with Crippen molar-refractivity contribution in [3.63, 3.8) is 0 Å². The van der Waals surface area contributed by atoms with Gasteiger partial charge in [-0.15, -0.1) is 0 Å². The number of rotatable bonds is 42. The molecule has 0 rings (SSSR count). The first kappa shape index (κ1) is 56.3. The van der Waals surface area contributed by atoms with Crippen LogP contribution in [0.15, 0.2) is 97.2 Å². The Morgan fingerprint density at radius 1 is 0.350 bits per heavy atom. The first-order valence-corrected chi connectivity index (χ1v) is 24.2. The summed E-state index contributed by atoms with van der Waals surface area (Å²) in [6, 6.07) is 0. The van der Waals surface area contributed by atoms with Crippen molar-refractivity contribution in [3.8, 4) is 0 Å². The van der Waals surface area contributed by atoms with Crippen molar-refractivity contribution in [2.24, 2.45) is 0 Å². The van der Waals surface area contributed by atoms with Crippen molar-refractivity contribution in [2.75, 3.05) is 13.2 Å². The predicted molar refractivity (Wildman–Crippen MR) is 256 cm³/mol. The van der Waals surface area contributed by atoms with E-state index < -0.39 is 6.10 Å². The van der Waals surface area contributed by atoms with Gasteiger partial charge in [0.1, 0.15) is 13.2 Å². The van der Waals surface area contributed by atoms with Gasteiger partial charge in [-0.25, -0.2) is 0 Å². The fourth-order valence-electron chi connectivity index (χ4n) is 6.19. The number of allylic oxidation sites excluding steroid dienone is 16. The van der Waals surface area contributed by atoms with E-state index >= 15 is 0 Å². The molecule has 0 aliphatic rings. The Hall–Kier alpha value is -3.67. The minimum Gasteiger partial charge on any atom is -0.462 e. The van der Waals surface area contributed by atoms with Crippen LogP contribution in [-0.4, -0.2) is 37.2 Å². The first-order chi connectivity index (χ1) is 29.5. The van der Waals surface area contributed by atoms with Crippen LogP contribution < -0.4 is 0 Å². The van der Waals surface area contributed by atoms with Crippen LogP contribution in [0.3, 0.4) is 0 Å². The maximum absolute atomic E-state index is 12.7. The fourth-order valence-corrected chi connectivity index (χ4v) is 6.19. The normalized spacial score (nSPS) is 12.9. The Balaban J connectivity index is 4.37. The summed E-state index contributed by atoms with van der Waals surface area (Å²) >= 11 is 0. The summed E-state index contributed by atoms with van der Waals surface area (Å²) in [6.07, 6.45) is 62.7. The highest BCUT2D eigenvalue weighted by atomic mass is 16.6. The van der Waals surface area contributed by atoms with Gasteiger partial charge in [-0.2, -0.15) is 0 Å². The smallest absolute Gasteiger partial charge is 0.306 e. The zero-order valence-electron chi connectivity index (χ0n) is 38.7. The van der Waals surface area contributed by atoms with Gasteiger partial charge in [-0.1, -0.05) is 189 Å². The highest BCUT2D eigenvalue weighted by Crippen LogP contribution is 2.12. The number of ether oxygens (including phenoxy) is 3. The van der Waals surface area contributed by atoms with Crippen LogP contribution in [0.2, 0.25) is 0 Å². The van der Waals surface area contributed by atoms with Gasteiger partial charge in [0, 0.05) is 19.3 Å². The Bertz CT molecular complexity index is 1230. The molecule has 0 aromatic heterocycles. The molecule has 0 aliphatic carbocycles. The lowest BCUT2D eigenvalue weighted by Gasteiger charge is -2.18. The second-order valence-corrected chi connectivity index (χ2v) is 15.6. The maximum atomic E-state index is 12.7. The van der Waals surface area contributed by atoms with E-state index in [0.717, 1.165) is 103 Å². The van der Waals surface area contributed by atoms with Gasteiger partial charge in [0.05, 0.1) is 0 Å². The molecule has 0 heterocycles. The minimum atomic E-state index is -0.809. The SMILES string of the molecule is CC/C=C\C/C=C\C/C=C\C/C=C\C/C=C\CCCC(=O)OC(COC(=O)CCCCCCCC)COC(=O)CCCCCCCC/C=C\C/C=C\C/C=C\CCCCC. The molecule has 0 radical (unpaired) electrons. The molecule has 0 saturated carbocycles. The first-order valence-electron chi connectivity index (χ1n) is 24.2. The molecule has 340 valence electrons. The molecular formula is C54H88O6. The number of carbonyl (C=O) groups is 3. The van der Waals surface area contributed by atoms with Gasteiger partial charge in [-0.3, -0.25) is 14.4 Å². The van der Waals surface area contributed by atoms with E-state index in [9.17, 15) is 14.4 Å². The van der Waals surface area contributed by atoms with E-state index in [1.54, 1.807) is 0 Å². The van der Waals surface area contributed by atoms with Crippen LogP contribution >= 0.6 is 0 Å². The Morgan fingerprint density at radius 3 is 1.10 bits per heavy atom. The van der Waals surface area contributed by atoms with Crippen LogP contribution in [0.5, 0.6) is 0 Å². The van der Waals surface area contributed by atoms with Crippen molar-refractivity contribution in [1.29, 1.82) is 0 Å². The molecule has 6 nitrogen and oxygen atoms in total. The summed E-state index contributed by atoms with van der Waals surface area (Å²) in [7, 11) is 0. The number of unbranched alkanes of at least 4 members (excludes halogenated alkanes) is 15. The summed E-state index contributed by atoms with van der Waals surface area (Å²) in [6.45, 7) is 6.35. The second kappa shape index (κ2) is 48.0. The molecule has 0 spiro atoms. The van der Waals surface area contributed by atoms with Crippen molar-refractivity contribution in [3.05, 3.63) is 97.2 Å². The summed E-state index contributed by atoms with van der Waals surface area (Å²) in [5.74, 6) is -0.995. The molecule has 0 aliphatic heterocycles. The van der Waals surface area contributed by atoms with Crippen molar-refractivity contribution in [1.82, 2.24) is 0 Å². The summed E-state index contributed by atoms with van der Waals surface area (Å²) in [4.78, 5) is 37.6. The van der Waals surface area contributed by atoms with Crippen molar-refractivity contribution < 1.29 is 28.6 Å². The predicted octanol–water partition coefficient (Wildman–Crippen LogP) is 15.8. The van der Waals surface area contributed by atoms with Crippen LogP contribution in [0.1, 0.15) is 207 Å². The van der Waals surface area contributed by atoms with Crippen molar-refractivity contribution in [2.45, 2.75) is 213 Å². The van der Waals surface area contributed by atoms with Gasteiger partial charge >= 0.3 is 17.9 Å². The lowest BCUT2D eigenvalue weighted by Crippen LogP contribution is -2.30. The Kier molecular flexibility index (Phi) is 45.1. The van der Waals surface area contributed by atoms with Crippen molar-refractivity contribution >= 4 is 17.9 Å². The highest BCUT2D eigenvalue weighted by Gasteiger charge is 2.19. The molecule has 0 aromatic rings. The zero-order chi connectivity index (χ0) is 43.7.